The predicted molar refractivity (Wildman–Crippen MR) is 106 cm³/mol. The molecule has 5 nitrogen and oxygen atoms in total. The lowest BCUT2D eigenvalue weighted by molar-refractivity contribution is 0.163. The first kappa shape index (κ1) is 16.7. The summed E-state index contributed by atoms with van der Waals surface area (Å²) in [6, 6.07) is 10.9. The topological polar surface area (TPSA) is 42.9 Å². The first-order valence-corrected chi connectivity index (χ1v) is 9.35. The minimum absolute atomic E-state index is 0.0417. The lowest BCUT2D eigenvalue weighted by atomic mass is 9.66. The molecule has 1 aromatic rings. The molecule has 0 spiro atoms. The summed E-state index contributed by atoms with van der Waals surface area (Å²) in [5.41, 5.74) is 5.67. The fraction of sp³-hybridized carbons (Fsp3) is 0.474. The standard InChI is InChI=1S/C19H25N5S/c1-2-8-20-18(25)22-21-17-15-11-23-9-10-24(12-15)14-19(17,13-23)16-6-4-3-5-7-16/h2-7,15H,1,8-14H2,(H2,20,22,25)/b21-17-. The maximum absolute atomic E-state index is 5.33. The molecule has 4 saturated heterocycles. The molecule has 0 aromatic heterocycles. The number of fused-ring (bicyclic) bond motifs is 1. The zero-order chi connectivity index (χ0) is 17.3. The van der Waals surface area contributed by atoms with E-state index in [1.165, 1.54) is 11.3 Å². The van der Waals surface area contributed by atoms with Crippen LogP contribution in [0.1, 0.15) is 5.56 Å². The summed E-state index contributed by atoms with van der Waals surface area (Å²) in [6.45, 7) is 10.9. The summed E-state index contributed by atoms with van der Waals surface area (Å²) in [5, 5.41) is 8.49. The Morgan fingerprint density at radius 3 is 2.56 bits per heavy atom. The second kappa shape index (κ2) is 6.86. The summed E-state index contributed by atoms with van der Waals surface area (Å²) in [7, 11) is 0. The van der Waals surface area contributed by atoms with Crippen molar-refractivity contribution in [2.45, 2.75) is 5.41 Å². The molecule has 2 unspecified atom stereocenters. The number of hydrogen-bond donors (Lipinski definition) is 2. The van der Waals surface area contributed by atoms with Crippen LogP contribution in [0.2, 0.25) is 0 Å². The molecule has 132 valence electrons. The number of rotatable bonds is 4. The molecule has 4 bridgehead atoms. The van der Waals surface area contributed by atoms with Crippen molar-refractivity contribution >= 4 is 23.0 Å². The summed E-state index contributed by atoms with van der Waals surface area (Å²) >= 11 is 5.33. The molecule has 6 heteroatoms. The van der Waals surface area contributed by atoms with Crippen LogP contribution in [0.5, 0.6) is 0 Å². The van der Waals surface area contributed by atoms with Crippen LogP contribution in [-0.2, 0) is 5.41 Å². The molecule has 4 fully saturated rings. The van der Waals surface area contributed by atoms with Gasteiger partial charge in [0, 0.05) is 51.7 Å². The van der Waals surface area contributed by atoms with E-state index in [0.29, 0.717) is 17.6 Å². The SMILES string of the molecule is C=CCNC(=S)N/N=C1/C2CN3CCN(C2)CC1(c1ccccc1)C3. The minimum atomic E-state index is -0.0417. The van der Waals surface area contributed by atoms with Gasteiger partial charge >= 0.3 is 0 Å². The third-order valence-corrected chi connectivity index (χ3v) is 5.80. The molecule has 0 aliphatic carbocycles. The minimum Gasteiger partial charge on any atom is -0.358 e. The van der Waals surface area contributed by atoms with Crippen LogP contribution in [0.4, 0.5) is 0 Å². The fourth-order valence-corrected chi connectivity index (χ4v) is 4.70. The molecular weight excluding hydrogens is 330 g/mol. The van der Waals surface area contributed by atoms with E-state index in [1.807, 2.05) is 0 Å². The molecule has 1 aromatic carbocycles. The highest BCUT2D eigenvalue weighted by Gasteiger charge is 2.53. The summed E-state index contributed by atoms with van der Waals surface area (Å²) in [5.74, 6) is 0.458. The van der Waals surface area contributed by atoms with Crippen molar-refractivity contribution in [3.05, 3.63) is 48.6 Å². The maximum atomic E-state index is 5.33. The largest absolute Gasteiger partial charge is 0.358 e. The van der Waals surface area contributed by atoms with E-state index >= 15 is 0 Å². The van der Waals surface area contributed by atoms with E-state index in [-0.39, 0.29) is 5.41 Å². The normalized spacial score (nSPS) is 34.6. The Morgan fingerprint density at radius 1 is 1.24 bits per heavy atom. The van der Waals surface area contributed by atoms with E-state index in [4.69, 9.17) is 17.3 Å². The quantitative estimate of drug-likeness (QED) is 0.483. The van der Waals surface area contributed by atoms with Crippen molar-refractivity contribution in [2.24, 2.45) is 11.0 Å². The number of nitrogens with zero attached hydrogens (tertiary/aromatic N) is 3. The predicted octanol–water partition coefficient (Wildman–Crippen LogP) is 1.19. The van der Waals surface area contributed by atoms with E-state index < -0.39 is 0 Å². The van der Waals surface area contributed by atoms with Gasteiger partial charge in [-0.2, -0.15) is 5.10 Å². The summed E-state index contributed by atoms with van der Waals surface area (Å²) in [6.07, 6.45) is 1.79. The third kappa shape index (κ3) is 3.10. The molecule has 4 heterocycles. The van der Waals surface area contributed by atoms with Crippen LogP contribution in [-0.4, -0.2) is 66.4 Å². The van der Waals surface area contributed by atoms with Gasteiger partial charge in [-0.1, -0.05) is 36.4 Å². The zero-order valence-electron chi connectivity index (χ0n) is 14.4. The Labute approximate surface area is 154 Å². The Kier molecular flexibility index (Phi) is 4.58. The number of thiocarbonyl (C=S) groups is 1. The van der Waals surface area contributed by atoms with Crippen LogP contribution in [0.25, 0.3) is 0 Å². The number of hydrazone groups is 1. The first-order chi connectivity index (χ1) is 12.2. The van der Waals surface area contributed by atoms with Gasteiger partial charge in [0.05, 0.1) is 11.1 Å². The van der Waals surface area contributed by atoms with Crippen LogP contribution in [0.3, 0.4) is 0 Å². The Hall–Kier alpha value is -1.76. The first-order valence-electron chi connectivity index (χ1n) is 8.94. The van der Waals surface area contributed by atoms with Crippen LogP contribution >= 0.6 is 12.2 Å². The van der Waals surface area contributed by atoms with Gasteiger partial charge in [-0.3, -0.25) is 5.43 Å². The lowest BCUT2D eigenvalue weighted by Crippen LogP contribution is -2.64. The highest BCUT2D eigenvalue weighted by Crippen LogP contribution is 2.40. The number of benzene rings is 1. The summed E-state index contributed by atoms with van der Waals surface area (Å²) in [4.78, 5) is 5.22. The second-order valence-corrected chi connectivity index (χ2v) is 7.63. The van der Waals surface area contributed by atoms with Gasteiger partial charge < -0.3 is 15.1 Å². The average molecular weight is 356 g/mol. The molecule has 2 atom stereocenters. The molecule has 4 aliphatic heterocycles. The van der Waals surface area contributed by atoms with E-state index in [1.54, 1.807) is 6.08 Å². The fourth-order valence-electron chi connectivity index (χ4n) is 4.57. The third-order valence-electron chi connectivity index (χ3n) is 5.56. The maximum Gasteiger partial charge on any atom is 0.187 e. The van der Waals surface area contributed by atoms with Crippen molar-refractivity contribution in [3.8, 4) is 0 Å². The van der Waals surface area contributed by atoms with Gasteiger partial charge in [-0.05, 0) is 17.8 Å². The highest BCUT2D eigenvalue weighted by molar-refractivity contribution is 7.80. The van der Waals surface area contributed by atoms with Gasteiger partial charge in [0.2, 0.25) is 0 Å². The van der Waals surface area contributed by atoms with E-state index in [0.717, 1.165) is 39.3 Å². The van der Waals surface area contributed by atoms with Crippen molar-refractivity contribution in [1.82, 2.24) is 20.5 Å². The molecule has 2 N–H and O–H groups in total. The zero-order valence-corrected chi connectivity index (χ0v) is 15.3. The average Bonchev–Trinajstić information content (AvgIpc) is 2.88. The van der Waals surface area contributed by atoms with E-state index in [9.17, 15) is 0 Å². The Bertz CT molecular complexity index is 670. The molecule has 4 aliphatic rings. The van der Waals surface area contributed by atoms with Gasteiger partial charge in [0.15, 0.2) is 5.11 Å². The van der Waals surface area contributed by atoms with Crippen molar-refractivity contribution in [1.29, 1.82) is 0 Å². The van der Waals surface area contributed by atoms with Crippen LogP contribution in [0, 0.1) is 5.92 Å². The Balaban J connectivity index is 1.69. The monoisotopic (exact) mass is 355 g/mol. The van der Waals surface area contributed by atoms with Gasteiger partial charge in [0.25, 0.3) is 0 Å². The molecular formula is C19H25N5S. The van der Waals surface area contributed by atoms with Gasteiger partial charge in [-0.15, -0.1) is 6.58 Å². The van der Waals surface area contributed by atoms with Crippen molar-refractivity contribution in [3.63, 3.8) is 0 Å². The van der Waals surface area contributed by atoms with E-state index in [2.05, 4.69) is 57.5 Å². The van der Waals surface area contributed by atoms with Gasteiger partial charge in [0.1, 0.15) is 0 Å². The van der Waals surface area contributed by atoms with Crippen molar-refractivity contribution < 1.29 is 0 Å². The van der Waals surface area contributed by atoms with Crippen molar-refractivity contribution in [2.75, 3.05) is 45.8 Å². The number of hydrogen-bond acceptors (Lipinski definition) is 4. The smallest absolute Gasteiger partial charge is 0.187 e. The van der Waals surface area contributed by atoms with Crippen LogP contribution < -0.4 is 10.7 Å². The Morgan fingerprint density at radius 2 is 1.92 bits per heavy atom. The molecule has 0 saturated carbocycles. The molecule has 0 radical (unpaired) electrons. The molecule has 25 heavy (non-hydrogen) atoms. The number of piperidine rings is 2. The lowest BCUT2D eigenvalue weighted by Gasteiger charge is -2.50. The number of nitrogens with one attached hydrogen (secondary N) is 2. The molecule has 5 rings (SSSR count). The highest BCUT2D eigenvalue weighted by atomic mass is 32.1. The molecule has 0 amide bonds. The van der Waals surface area contributed by atoms with Crippen LogP contribution in [0.15, 0.2) is 48.1 Å². The van der Waals surface area contributed by atoms with Gasteiger partial charge in [-0.25, -0.2) is 0 Å². The summed E-state index contributed by atoms with van der Waals surface area (Å²) < 4.78 is 0. The second-order valence-electron chi connectivity index (χ2n) is 7.22.